The van der Waals surface area contributed by atoms with Crippen LogP contribution in [0.2, 0.25) is 0 Å². The highest BCUT2D eigenvalue weighted by Crippen LogP contribution is 2.21. The number of hydrogen-bond acceptors (Lipinski definition) is 2. The third-order valence-electron chi connectivity index (χ3n) is 3.73. The number of piperidine rings is 1. The van der Waals surface area contributed by atoms with Crippen molar-refractivity contribution in [2.24, 2.45) is 0 Å². The van der Waals surface area contributed by atoms with Gasteiger partial charge in [-0.15, -0.1) is 0 Å². The largest absolute Gasteiger partial charge is 0.322 e. The number of nitrogens with one attached hydrogen (secondary N) is 2. The number of para-hydroxylation sites is 1. The summed E-state index contributed by atoms with van der Waals surface area (Å²) in [7, 11) is 1.91. The maximum atomic E-state index is 13.6. The maximum absolute atomic E-state index is 13.6. The van der Waals surface area contributed by atoms with Crippen molar-refractivity contribution in [1.29, 1.82) is 0 Å². The Hall–Kier alpha value is -1.62. The van der Waals surface area contributed by atoms with Crippen LogP contribution in [-0.4, -0.2) is 37.1 Å². The number of urea groups is 1. The highest BCUT2D eigenvalue weighted by atomic mass is 19.1. The summed E-state index contributed by atoms with van der Waals surface area (Å²) in [6.07, 6.45) is 4.12. The second-order valence-electron chi connectivity index (χ2n) is 5.15. The molecule has 0 saturated carbocycles. The minimum atomic E-state index is -0.398. The lowest BCUT2D eigenvalue weighted by Gasteiger charge is -2.35. The van der Waals surface area contributed by atoms with Crippen molar-refractivity contribution in [3.8, 4) is 0 Å². The topological polar surface area (TPSA) is 44.4 Å². The van der Waals surface area contributed by atoms with Gasteiger partial charge in [-0.05, 0) is 51.4 Å². The van der Waals surface area contributed by atoms with Gasteiger partial charge in [0, 0.05) is 12.6 Å². The predicted molar refractivity (Wildman–Crippen MR) is 78.3 cm³/mol. The fourth-order valence-electron chi connectivity index (χ4n) is 2.63. The lowest BCUT2D eigenvalue weighted by Crippen LogP contribution is -2.46. The molecule has 20 heavy (non-hydrogen) atoms. The second-order valence-corrected chi connectivity index (χ2v) is 5.15. The normalized spacial score (nSPS) is 18.9. The molecule has 2 N–H and O–H groups in total. The molecule has 0 bridgehead atoms. The molecule has 0 radical (unpaired) electrons. The van der Waals surface area contributed by atoms with Crippen LogP contribution in [0.5, 0.6) is 0 Å². The summed E-state index contributed by atoms with van der Waals surface area (Å²) < 4.78 is 13.6. The van der Waals surface area contributed by atoms with E-state index in [1.54, 1.807) is 18.2 Å². The Kier molecular flexibility index (Phi) is 5.35. The SMILES string of the molecule is CNCCC1CCCCN1C(=O)Nc1ccccc1F. The first kappa shape index (κ1) is 14.8. The van der Waals surface area contributed by atoms with Gasteiger partial charge in [-0.3, -0.25) is 0 Å². The molecule has 2 rings (SSSR count). The molecule has 1 aliphatic rings. The monoisotopic (exact) mass is 279 g/mol. The van der Waals surface area contributed by atoms with Gasteiger partial charge >= 0.3 is 6.03 Å². The molecular formula is C15H22FN3O. The minimum Gasteiger partial charge on any atom is -0.322 e. The van der Waals surface area contributed by atoms with Gasteiger partial charge in [0.05, 0.1) is 5.69 Å². The van der Waals surface area contributed by atoms with Gasteiger partial charge in [0.15, 0.2) is 0 Å². The number of anilines is 1. The predicted octanol–water partition coefficient (Wildman–Crippen LogP) is 2.82. The summed E-state index contributed by atoms with van der Waals surface area (Å²) in [6, 6.07) is 6.30. The Morgan fingerprint density at radius 2 is 2.20 bits per heavy atom. The van der Waals surface area contributed by atoms with E-state index in [0.717, 1.165) is 38.8 Å². The molecule has 1 saturated heterocycles. The summed E-state index contributed by atoms with van der Waals surface area (Å²) >= 11 is 0. The lowest BCUT2D eigenvalue weighted by molar-refractivity contribution is 0.158. The number of benzene rings is 1. The Labute approximate surface area is 119 Å². The first-order valence-electron chi connectivity index (χ1n) is 7.19. The molecule has 5 heteroatoms. The number of amides is 2. The zero-order chi connectivity index (χ0) is 14.4. The number of hydrogen-bond donors (Lipinski definition) is 2. The van der Waals surface area contributed by atoms with Gasteiger partial charge < -0.3 is 15.5 Å². The quantitative estimate of drug-likeness (QED) is 0.890. The smallest absolute Gasteiger partial charge is 0.322 e. The first-order chi connectivity index (χ1) is 9.72. The van der Waals surface area contributed by atoms with Crippen molar-refractivity contribution in [2.75, 3.05) is 25.5 Å². The van der Waals surface area contributed by atoms with Crippen LogP contribution in [0, 0.1) is 5.82 Å². The Balaban J connectivity index is 2.00. The summed E-state index contributed by atoms with van der Waals surface area (Å²) in [5.74, 6) is -0.398. The molecule has 1 heterocycles. The number of carbonyl (C=O) groups is 1. The van der Waals surface area contributed by atoms with E-state index in [4.69, 9.17) is 0 Å². The molecule has 2 amide bonds. The average molecular weight is 279 g/mol. The van der Waals surface area contributed by atoms with Crippen molar-refractivity contribution in [3.63, 3.8) is 0 Å². The number of nitrogens with zero attached hydrogens (tertiary/aromatic N) is 1. The number of halogens is 1. The third kappa shape index (κ3) is 3.70. The van der Waals surface area contributed by atoms with Crippen LogP contribution < -0.4 is 10.6 Å². The van der Waals surface area contributed by atoms with Crippen molar-refractivity contribution < 1.29 is 9.18 Å². The molecule has 1 atom stereocenters. The first-order valence-corrected chi connectivity index (χ1v) is 7.19. The van der Waals surface area contributed by atoms with Gasteiger partial charge in [0.25, 0.3) is 0 Å². The molecule has 1 unspecified atom stereocenters. The Morgan fingerprint density at radius 1 is 1.40 bits per heavy atom. The molecule has 1 aromatic rings. The fourth-order valence-corrected chi connectivity index (χ4v) is 2.63. The average Bonchev–Trinajstić information content (AvgIpc) is 2.47. The van der Waals surface area contributed by atoms with Crippen LogP contribution in [0.4, 0.5) is 14.9 Å². The minimum absolute atomic E-state index is 0.198. The molecule has 1 aromatic carbocycles. The van der Waals surface area contributed by atoms with E-state index >= 15 is 0 Å². The molecule has 1 aliphatic heterocycles. The van der Waals surface area contributed by atoms with E-state index in [-0.39, 0.29) is 17.8 Å². The number of rotatable bonds is 4. The zero-order valence-electron chi connectivity index (χ0n) is 11.9. The van der Waals surface area contributed by atoms with Gasteiger partial charge in [-0.1, -0.05) is 12.1 Å². The van der Waals surface area contributed by atoms with E-state index in [0.29, 0.717) is 0 Å². The summed E-state index contributed by atoms with van der Waals surface area (Å²) in [4.78, 5) is 14.2. The van der Waals surface area contributed by atoms with Crippen LogP contribution in [0.25, 0.3) is 0 Å². The lowest BCUT2D eigenvalue weighted by atomic mass is 10.00. The molecule has 0 spiro atoms. The van der Waals surface area contributed by atoms with Crippen LogP contribution in [0.15, 0.2) is 24.3 Å². The van der Waals surface area contributed by atoms with Crippen LogP contribution in [0.3, 0.4) is 0 Å². The molecular weight excluding hydrogens is 257 g/mol. The van der Waals surface area contributed by atoms with Crippen molar-refractivity contribution in [2.45, 2.75) is 31.7 Å². The van der Waals surface area contributed by atoms with E-state index < -0.39 is 5.82 Å². The van der Waals surface area contributed by atoms with E-state index in [9.17, 15) is 9.18 Å². The zero-order valence-corrected chi connectivity index (χ0v) is 11.9. The second kappa shape index (κ2) is 7.24. The van der Waals surface area contributed by atoms with Crippen LogP contribution in [-0.2, 0) is 0 Å². The third-order valence-corrected chi connectivity index (χ3v) is 3.73. The van der Waals surface area contributed by atoms with Crippen molar-refractivity contribution >= 4 is 11.7 Å². The fraction of sp³-hybridized carbons (Fsp3) is 0.533. The molecule has 0 aromatic heterocycles. The molecule has 1 fully saturated rings. The van der Waals surface area contributed by atoms with Crippen molar-refractivity contribution in [3.05, 3.63) is 30.1 Å². The van der Waals surface area contributed by atoms with Crippen LogP contribution in [0.1, 0.15) is 25.7 Å². The van der Waals surface area contributed by atoms with Gasteiger partial charge in [0.2, 0.25) is 0 Å². The van der Waals surface area contributed by atoms with Crippen LogP contribution >= 0.6 is 0 Å². The Morgan fingerprint density at radius 3 is 2.95 bits per heavy atom. The summed E-state index contributed by atoms with van der Waals surface area (Å²) in [6.45, 7) is 1.63. The standard InChI is InChI=1S/C15H22FN3O/c1-17-10-9-12-6-4-5-11-19(12)15(20)18-14-8-3-2-7-13(14)16/h2-3,7-8,12,17H,4-6,9-11H2,1H3,(H,18,20). The van der Waals surface area contributed by atoms with Crippen molar-refractivity contribution in [1.82, 2.24) is 10.2 Å². The molecule has 4 nitrogen and oxygen atoms in total. The molecule has 0 aliphatic carbocycles. The number of carbonyl (C=O) groups excluding carboxylic acids is 1. The summed E-state index contributed by atoms with van der Waals surface area (Å²) in [5.41, 5.74) is 0.246. The highest BCUT2D eigenvalue weighted by Gasteiger charge is 2.26. The van der Waals surface area contributed by atoms with E-state index in [1.807, 2.05) is 11.9 Å². The summed E-state index contributed by atoms with van der Waals surface area (Å²) in [5, 5.41) is 5.79. The number of likely N-dealkylation sites (tertiary alicyclic amines) is 1. The van der Waals surface area contributed by atoms with E-state index in [1.165, 1.54) is 6.07 Å². The van der Waals surface area contributed by atoms with E-state index in [2.05, 4.69) is 10.6 Å². The van der Waals surface area contributed by atoms with Gasteiger partial charge in [-0.25, -0.2) is 9.18 Å². The van der Waals surface area contributed by atoms with Gasteiger partial charge in [0.1, 0.15) is 5.82 Å². The highest BCUT2D eigenvalue weighted by molar-refractivity contribution is 5.89. The Bertz CT molecular complexity index is 452. The van der Waals surface area contributed by atoms with Gasteiger partial charge in [-0.2, -0.15) is 0 Å². The maximum Gasteiger partial charge on any atom is 0.322 e. The molecule has 110 valence electrons.